The average Bonchev–Trinajstić information content (AvgIpc) is 3.30. The van der Waals surface area contributed by atoms with Crippen LogP contribution in [0.1, 0.15) is 44.4 Å². The SMILES string of the molecule is CCC(C)(C)NC(=O)[C@@H](c1ccc(OC)cc1)N(C(=O)Cn1nnc2ccccc21)c1ccccc1C. The molecule has 37 heavy (non-hydrogen) atoms. The first-order valence-corrected chi connectivity index (χ1v) is 12.4. The van der Waals surface area contributed by atoms with Gasteiger partial charge in [-0.05, 0) is 68.7 Å². The van der Waals surface area contributed by atoms with E-state index in [1.807, 2.05) is 88.4 Å². The van der Waals surface area contributed by atoms with Gasteiger partial charge in [0, 0.05) is 11.2 Å². The van der Waals surface area contributed by atoms with Gasteiger partial charge in [0.2, 0.25) is 11.8 Å². The number of anilines is 1. The Morgan fingerprint density at radius 2 is 1.70 bits per heavy atom. The number of carbonyl (C=O) groups is 2. The van der Waals surface area contributed by atoms with Crippen LogP contribution in [0.15, 0.2) is 72.8 Å². The first-order valence-electron chi connectivity index (χ1n) is 12.4. The van der Waals surface area contributed by atoms with Gasteiger partial charge in [-0.3, -0.25) is 14.5 Å². The summed E-state index contributed by atoms with van der Waals surface area (Å²) >= 11 is 0. The number of hydrogen-bond acceptors (Lipinski definition) is 5. The second-order valence-electron chi connectivity index (χ2n) is 9.69. The Morgan fingerprint density at radius 3 is 2.38 bits per heavy atom. The number of benzene rings is 3. The van der Waals surface area contributed by atoms with Gasteiger partial charge in [-0.1, -0.05) is 54.6 Å². The maximum Gasteiger partial charge on any atom is 0.249 e. The molecule has 4 aromatic rings. The van der Waals surface area contributed by atoms with Crippen molar-refractivity contribution in [3.05, 3.63) is 83.9 Å². The summed E-state index contributed by atoms with van der Waals surface area (Å²) in [7, 11) is 1.59. The number of carbonyl (C=O) groups excluding carboxylic acids is 2. The summed E-state index contributed by atoms with van der Waals surface area (Å²) in [6.07, 6.45) is 0.733. The zero-order chi connectivity index (χ0) is 26.6. The van der Waals surface area contributed by atoms with Crippen LogP contribution in [-0.4, -0.2) is 39.5 Å². The van der Waals surface area contributed by atoms with Crippen molar-refractivity contribution in [2.24, 2.45) is 0 Å². The zero-order valence-corrected chi connectivity index (χ0v) is 21.9. The van der Waals surface area contributed by atoms with Crippen LogP contribution >= 0.6 is 0 Å². The Morgan fingerprint density at radius 1 is 1.03 bits per heavy atom. The molecule has 192 valence electrons. The Kier molecular flexibility index (Phi) is 7.57. The summed E-state index contributed by atoms with van der Waals surface area (Å²) in [5, 5.41) is 11.5. The third-order valence-electron chi connectivity index (χ3n) is 6.63. The van der Waals surface area contributed by atoms with E-state index in [1.54, 1.807) is 28.8 Å². The smallest absolute Gasteiger partial charge is 0.249 e. The highest BCUT2D eigenvalue weighted by atomic mass is 16.5. The van der Waals surface area contributed by atoms with Gasteiger partial charge >= 0.3 is 0 Å². The lowest BCUT2D eigenvalue weighted by Gasteiger charge is -2.35. The number of para-hydroxylation sites is 2. The van der Waals surface area contributed by atoms with E-state index < -0.39 is 11.6 Å². The Labute approximate surface area is 217 Å². The van der Waals surface area contributed by atoms with Crippen LogP contribution in [0, 0.1) is 6.92 Å². The number of aromatic nitrogens is 3. The van der Waals surface area contributed by atoms with Crippen LogP contribution in [0.4, 0.5) is 5.69 Å². The van der Waals surface area contributed by atoms with Crippen molar-refractivity contribution in [2.45, 2.75) is 52.2 Å². The fourth-order valence-corrected chi connectivity index (χ4v) is 4.18. The van der Waals surface area contributed by atoms with Gasteiger partial charge in [-0.2, -0.15) is 0 Å². The van der Waals surface area contributed by atoms with E-state index in [-0.39, 0.29) is 18.4 Å². The predicted molar refractivity (Wildman–Crippen MR) is 144 cm³/mol. The molecule has 0 fully saturated rings. The predicted octanol–water partition coefficient (Wildman–Crippen LogP) is 4.83. The highest BCUT2D eigenvalue weighted by molar-refractivity contribution is 6.02. The largest absolute Gasteiger partial charge is 0.497 e. The molecule has 0 aliphatic carbocycles. The van der Waals surface area contributed by atoms with Crippen LogP contribution in [-0.2, 0) is 16.1 Å². The standard InChI is InChI=1S/C29H33N5O3/c1-6-29(3,4)30-28(36)27(21-15-17-22(37-5)18-16-21)34(24-13-9-7-11-20(24)2)26(35)19-33-25-14-10-8-12-23(25)31-32-33/h7-18,27H,6,19H2,1-5H3,(H,30,36)/t27-/m1/s1. The summed E-state index contributed by atoms with van der Waals surface area (Å²) in [6.45, 7) is 7.81. The fourth-order valence-electron chi connectivity index (χ4n) is 4.18. The van der Waals surface area contributed by atoms with Gasteiger partial charge in [-0.25, -0.2) is 4.68 Å². The van der Waals surface area contributed by atoms with Crippen molar-refractivity contribution in [2.75, 3.05) is 12.0 Å². The van der Waals surface area contributed by atoms with E-state index in [9.17, 15) is 9.59 Å². The number of nitrogens with zero attached hydrogens (tertiary/aromatic N) is 4. The number of aryl methyl sites for hydroxylation is 1. The van der Waals surface area contributed by atoms with E-state index in [1.165, 1.54) is 0 Å². The van der Waals surface area contributed by atoms with Gasteiger partial charge in [0.1, 0.15) is 23.9 Å². The third kappa shape index (κ3) is 5.63. The molecule has 1 atom stereocenters. The second-order valence-corrected chi connectivity index (χ2v) is 9.69. The molecule has 0 bridgehead atoms. The number of nitrogens with one attached hydrogen (secondary N) is 1. The van der Waals surface area contributed by atoms with Crippen molar-refractivity contribution < 1.29 is 14.3 Å². The van der Waals surface area contributed by atoms with Gasteiger partial charge in [0.25, 0.3) is 0 Å². The fraction of sp³-hybridized carbons (Fsp3) is 0.310. The van der Waals surface area contributed by atoms with Crippen molar-refractivity contribution in [1.29, 1.82) is 0 Å². The maximum atomic E-state index is 14.1. The lowest BCUT2D eigenvalue weighted by Crippen LogP contribution is -2.51. The minimum absolute atomic E-state index is 0.0774. The number of rotatable bonds is 9. The highest BCUT2D eigenvalue weighted by Gasteiger charge is 2.36. The number of amides is 2. The molecule has 1 heterocycles. The Hall–Kier alpha value is -4.20. The molecule has 2 amide bonds. The van der Waals surface area contributed by atoms with Crippen LogP contribution < -0.4 is 15.0 Å². The molecular formula is C29H33N5O3. The summed E-state index contributed by atoms with van der Waals surface area (Å²) in [4.78, 5) is 29.6. The van der Waals surface area contributed by atoms with Crippen molar-refractivity contribution in [1.82, 2.24) is 20.3 Å². The van der Waals surface area contributed by atoms with Crippen LogP contribution in [0.3, 0.4) is 0 Å². The minimum Gasteiger partial charge on any atom is -0.497 e. The van der Waals surface area contributed by atoms with Crippen LogP contribution in [0.25, 0.3) is 11.0 Å². The van der Waals surface area contributed by atoms with Gasteiger partial charge in [0.05, 0.1) is 12.6 Å². The summed E-state index contributed by atoms with van der Waals surface area (Å²) in [5.74, 6) is 0.118. The number of hydrogen-bond donors (Lipinski definition) is 1. The lowest BCUT2D eigenvalue weighted by molar-refractivity contribution is -0.128. The van der Waals surface area contributed by atoms with Crippen LogP contribution in [0.5, 0.6) is 5.75 Å². The number of methoxy groups -OCH3 is 1. The van der Waals surface area contributed by atoms with Crippen molar-refractivity contribution in [3.8, 4) is 5.75 Å². The molecular weight excluding hydrogens is 466 g/mol. The van der Waals surface area contributed by atoms with Crippen molar-refractivity contribution >= 4 is 28.5 Å². The van der Waals surface area contributed by atoms with E-state index in [0.29, 0.717) is 22.5 Å². The monoisotopic (exact) mass is 499 g/mol. The van der Waals surface area contributed by atoms with Gasteiger partial charge in [0.15, 0.2) is 0 Å². The van der Waals surface area contributed by atoms with E-state index in [4.69, 9.17) is 4.74 Å². The van der Waals surface area contributed by atoms with Crippen LogP contribution in [0.2, 0.25) is 0 Å². The topological polar surface area (TPSA) is 89.4 Å². The van der Waals surface area contributed by atoms with Crippen molar-refractivity contribution in [3.63, 3.8) is 0 Å². The molecule has 0 unspecified atom stereocenters. The summed E-state index contributed by atoms with van der Waals surface area (Å²) in [5.41, 5.74) is 3.20. The van der Waals surface area contributed by atoms with Gasteiger partial charge < -0.3 is 10.1 Å². The normalized spacial score (nSPS) is 12.2. The molecule has 4 rings (SSSR count). The first-order chi connectivity index (χ1) is 17.7. The molecule has 1 N–H and O–H groups in total. The lowest BCUT2D eigenvalue weighted by atomic mass is 9.97. The minimum atomic E-state index is -0.917. The zero-order valence-electron chi connectivity index (χ0n) is 21.9. The number of ether oxygens (including phenoxy) is 1. The molecule has 0 radical (unpaired) electrons. The molecule has 8 nitrogen and oxygen atoms in total. The molecule has 0 spiro atoms. The first kappa shape index (κ1) is 25.9. The maximum absolute atomic E-state index is 14.1. The molecule has 0 aliphatic rings. The molecule has 0 aliphatic heterocycles. The Balaban J connectivity index is 1.83. The number of fused-ring (bicyclic) bond motifs is 1. The van der Waals surface area contributed by atoms with Gasteiger partial charge in [-0.15, -0.1) is 5.10 Å². The summed E-state index contributed by atoms with van der Waals surface area (Å²) < 4.78 is 6.90. The van der Waals surface area contributed by atoms with E-state index in [2.05, 4.69) is 15.6 Å². The second kappa shape index (κ2) is 10.8. The van der Waals surface area contributed by atoms with E-state index in [0.717, 1.165) is 17.5 Å². The molecule has 0 saturated carbocycles. The molecule has 0 saturated heterocycles. The summed E-state index contributed by atoms with van der Waals surface area (Å²) in [6, 6.07) is 21.4. The average molecular weight is 500 g/mol. The molecule has 8 heteroatoms. The Bertz CT molecular complexity index is 1390. The third-order valence-corrected chi connectivity index (χ3v) is 6.63. The molecule has 3 aromatic carbocycles. The molecule has 1 aromatic heterocycles. The highest BCUT2D eigenvalue weighted by Crippen LogP contribution is 2.32. The van der Waals surface area contributed by atoms with E-state index >= 15 is 0 Å². The quantitative estimate of drug-likeness (QED) is 0.356.